The molecule has 114 valence electrons. The van der Waals surface area contributed by atoms with Crippen LogP contribution in [0.15, 0.2) is 30.6 Å². The first-order valence-electron chi connectivity index (χ1n) is 6.59. The fourth-order valence-electron chi connectivity index (χ4n) is 2.10. The van der Waals surface area contributed by atoms with Gasteiger partial charge >= 0.3 is 0 Å². The Balaban J connectivity index is 1.78. The number of aryl methyl sites for hydroxylation is 1. The van der Waals surface area contributed by atoms with Crippen LogP contribution in [0, 0.1) is 12.7 Å². The van der Waals surface area contributed by atoms with Gasteiger partial charge in [0, 0.05) is 18.3 Å². The molecule has 0 aliphatic carbocycles. The topological polar surface area (TPSA) is 75.3 Å². The van der Waals surface area contributed by atoms with Crippen LogP contribution >= 0.6 is 11.6 Å². The molecule has 1 aromatic carbocycles. The van der Waals surface area contributed by atoms with Crippen LogP contribution in [-0.2, 0) is 0 Å². The molecule has 0 aliphatic heterocycles. The summed E-state index contributed by atoms with van der Waals surface area (Å²) < 4.78 is 15.0. The number of benzene rings is 1. The maximum Gasteiger partial charge on any atom is 0.254 e. The molecule has 22 heavy (non-hydrogen) atoms. The molecule has 0 aliphatic rings. The van der Waals surface area contributed by atoms with Crippen LogP contribution in [0.5, 0.6) is 0 Å². The number of hydrogen-bond acceptors (Lipinski definition) is 5. The highest BCUT2D eigenvalue weighted by molar-refractivity contribution is 6.30. The largest absolute Gasteiger partial charge is 0.387 e. The first-order chi connectivity index (χ1) is 10.5. The van der Waals surface area contributed by atoms with E-state index in [9.17, 15) is 9.50 Å². The predicted octanol–water partition coefficient (Wildman–Crippen LogP) is 2.37. The van der Waals surface area contributed by atoms with E-state index < -0.39 is 11.9 Å². The van der Waals surface area contributed by atoms with E-state index in [0.29, 0.717) is 17.2 Å². The van der Waals surface area contributed by atoms with E-state index in [-0.39, 0.29) is 11.6 Å². The Morgan fingerprint density at radius 2 is 2.23 bits per heavy atom. The van der Waals surface area contributed by atoms with Gasteiger partial charge < -0.3 is 10.4 Å². The van der Waals surface area contributed by atoms with Crippen LogP contribution in [0.4, 0.5) is 10.2 Å². The highest BCUT2D eigenvalue weighted by Gasteiger charge is 2.12. The summed E-state index contributed by atoms with van der Waals surface area (Å²) in [6.07, 6.45) is 0.511. The van der Waals surface area contributed by atoms with Gasteiger partial charge in [0.25, 0.3) is 5.78 Å². The molecule has 0 fully saturated rings. The smallest absolute Gasteiger partial charge is 0.254 e. The minimum atomic E-state index is -0.890. The second-order valence-electron chi connectivity index (χ2n) is 4.82. The van der Waals surface area contributed by atoms with Gasteiger partial charge in [0.05, 0.1) is 11.1 Å². The molecular weight excluding hydrogens is 309 g/mol. The molecule has 0 amide bonds. The van der Waals surface area contributed by atoms with Crippen molar-refractivity contribution in [3.8, 4) is 0 Å². The molecule has 3 rings (SSSR count). The van der Waals surface area contributed by atoms with E-state index in [2.05, 4.69) is 20.4 Å². The third-order valence-electron chi connectivity index (χ3n) is 3.18. The second kappa shape index (κ2) is 5.86. The lowest BCUT2D eigenvalue weighted by Crippen LogP contribution is -2.15. The summed E-state index contributed by atoms with van der Waals surface area (Å²) in [5, 5.41) is 17.3. The fraction of sp³-hybridized carbons (Fsp3) is 0.214. The molecule has 0 bridgehead atoms. The summed E-state index contributed by atoms with van der Waals surface area (Å²) in [6.45, 7) is 2.02. The number of rotatable bonds is 4. The Kier molecular flexibility index (Phi) is 3.91. The summed E-state index contributed by atoms with van der Waals surface area (Å²) in [6, 6.07) is 6.01. The van der Waals surface area contributed by atoms with Crippen LogP contribution in [-0.4, -0.2) is 31.2 Å². The molecule has 2 aromatic heterocycles. The zero-order chi connectivity index (χ0) is 15.7. The van der Waals surface area contributed by atoms with Gasteiger partial charge in [-0.1, -0.05) is 17.7 Å². The van der Waals surface area contributed by atoms with Crippen LogP contribution in [0.25, 0.3) is 5.78 Å². The monoisotopic (exact) mass is 321 g/mol. The highest BCUT2D eigenvalue weighted by atomic mass is 35.5. The average Bonchev–Trinajstić information content (AvgIpc) is 2.95. The second-order valence-corrected chi connectivity index (χ2v) is 5.23. The number of hydrogen-bond donors (Lipinski definition) is 2. The third-order valence-corrected chi connectivity index (χ3v) is 3.49. The quantitative estimate of drug-likeness (QED) is 0.771. The van der Waals surface area contributed by atoms with Crippen molar-refractivity contribution < 1.29 is 9.50 Å². The van der Waals surface area contributed by atoms with Gasteiger partial charge in [0.2, 0.25) is 0 Å². The molecule has 0 saturated carbocycles. The lowest BCUT2D eigenvalue weighted by Gasteiger charge is -2.14. The molecule has 8 heteroatoms. The van der Waals surface area contributed by atoms with Crippen molar-refractivity contribution in [2.45, 2.75) is 13.0 Å². The molecule has 3 aromatic rings. The summed E-state index contributed by atoms with van der Waals surface area (Å²) in [4.78, 5) is 8.25. The Labute approximate surface area is 130 Å². The number of aliphatic hydroxyl groups excluding tert-OH is 1. The number of halogens is 2. The molecule has 0 saturated heterocycles. The van der Waals surface area contributed by atoms with Gasteiger partial charge in [-0.3, -0.25) is 0 Å². The zero-order valence-corrected chi connectivity index (χ0v) is 12.4. The number of nitrogens with one attached hydrogen (secondary N) is 1. The SMILES string of the molecule is Cc1cc(NCC(O)c2ccc(Cl)c(F)c2)n2ncnc2n1. The Bertz CT molecular complexity index is 822. The minimum absolute atomic E-state index is 0.0259. The van der Waals surface area contributed by atoms with Gasteiger partial charge in [0.1, 0.15) is 18.0 Å². The van der Waals surface area contributed by atoms with E-state index in [0.717, 1.165) is 5.69 Å². The minimum Gasteiger partial charge on any atom is -0.387 e. The van der Waals surface area contributed by atoms with Crippen LogP contribution in [0.3, 0.4) is 0 Å². The van der Waals surface area contributed by atoms with Gasteiger partial charge in [-0.2, -0.15) is 14.6 Å². The maximum absolute atomic E-state index is 13.4. The number of anilines is 1. The van der Waals surface area contributed by atoms with E-state index >= 15 is 0 Å². The van der Waals surface area contributed by atoms with Crippen molar-refractivity contribution in [3.63, 3.8) is 0 Å². The van der Waals surface area contributed by atoms with Crippen molar-refractivity contribution in [3.05, 3.63) is 52.7 Å². The van der Waals surface area contributed by atoms with Crippen LogP contribution in [0.2, 0.25) is 5.02 Å². The van der Waals surface area contributed by atoms with Crippen molar-refractivity contribution >= 4 is 23.2 Å². The molecular formula is C14H13ClFN5O. The lowest BCUT2D eigenvalue weighted by atomic mass is 10.1. The Morgan fingerprint density at radius 1 is 1.41 bits per heavy atom. The molecule has 1 atom stereocenters. The first-order valence-corrected chi connectivity index (χ1v) is 6.96. The van der Waals surface area contributed by atoms with Gasteiger partial charge in [-0.05, 0) is 24.6 Å². The number of fused-ring (bicyclic) bond motifs is 1. The molecule has 6 nitrogen and oxygen atoms in total. The lowest BCUT2D eigenvalue weighted by molar-refractivity contribution is 0.191. The molecule has 2 heterocycles. The summed E-state index contributed by atoms with van der Waals surface area (Å²) in [5.74, 6) is 0.555. The highest BCUT2D eigenvalue weighted by Crippen LogP contribution is 2.21. The number of aliphatic hydroxyl groups is 1. The molecule has 2 N–H and O–H groups in total. The number of aromatic nitrogens is 4. The normalized spacial score (nSPS) is 12.5. The standard InChI is InChI=1S/C14H13ClFN5O/c1-8-4-13(21-14(20-8)18-7-19-21)17-6-12(22)9-2-3-10(15)11(16)5-9/h2-5,7,12,17,22H,6H2,1H3. The summed E-state index contributed by atoms with van der Waals surface area (Å²) in [5.41, 5.74) is 1.21. The molecule has 0 radical (unpaired) electrons. The van der Waals surface area contributed by atoms with Gasteiger partial charge in [-0.15, -0.1) is 0 Å². The van der Waals surface area contributed by atoms with E-state index in [1.54, 1.807) is 12.1 Å². The summed E-state index contributed by atoms with van der Waals surface area (Å²) in [7, 11) is 0. The average molecular weight is 322 g/mol. The van der Waals surface area contributed by atoms with Crippen molar-refractivity contribution in [1.82, 2.24) is 19.6 Å². The van der Waals surface area contributed by atoms with Gasteiger partial charge in [-0.25, -0.2) is 9.37 Å². The Morgan fingerprint density at radius 3 is 3.00 bits per heavy atom. The van der Waals surface area contributed by atoms with Crippen molar-refractivity contribution in [2.24, 2.45) is 0 Å². The third kappa shape index (κ3) is 2.86. The van der Waals surface area contributed by atoms with E-state index in [4.69, 9.17) is 11.6 Å². The van der Waals surface area contributed by atoms with Crippen molar-refractivity contribution in [1.29, 1.82) is 0 Å². The van der Waals surface area contributed by atoms with Gasteiger partial charge in [0.15, 0.2) is 0 Å². The van der Waals surface area contributed by atoms with E-state index in [1.807, 2.05) is 6.92 Å². The predicted molar refractivity (Wildman–Crippen MR) is 80.4 cm³/mol. The fourth-order valence-corrected chi connectivity index (χ4v) is 2.21. The van der Waals surface area contributed by atoms with Crippen molar-refractivity contribution in [2.75, 3.05) is 11.9 Å². The van der Waals surface area contributed by atoms with Crippen LogP contribution < -0.4 is 5.32 Å². The first kappa shape index (κ1) is 14.7. The zero-order valence-electron chi connectivity index (χ0n) is 11.7. The Hall–Kier alpha value is -2.25. The molecule has 0 spiro atoms. The van der Waals surface area contributed by atoms with E-state index in [1.165, 1.54) is 23.0 Å². The summed E-state index contributed by atoms with van der Waals surface area (Å²) >= 11 is 5.63. The number of nitrogens with zero attached hydrogens (tertiary/aromatic N) is 4. The molecule has 1 unspecified atom stereocenters. The maximum atomic E-state index is 13.4. The van der Waals surface area contributed by atoms with Crippen LogP contribution in [0.1, 0.15) is 17.4 Å².